The molecule has 0 saturated carbocycles. The summed E-state index contributed by atoms with van der Waals surface area (Å²) in [5.74, 6) is -0.995. The van der Waals surface area contributed by atoms with E-state index in [0.717, 1.165) is 0 Å². The molecule has 0 radical (unpaired) electrons. The summed E-state index contributed by atoms with van der Waals surface area (Å²) < 4.78 is 5.35. The lowest BCUT2D eigenvalue weighted by atomic mass is 9.89. The topological polar surface area (TPSA) is 101 Å². The van der Waals surface area contributed by atoms with Crippen LogP contribution >= 0.6 is 0 Å². The fourth-order valence-electron chi connectivity index (χ4n) is 2.33. The van der Waals surface area contributed by atoms with E-state index >= 15 is 0 Å². The van der Waals surface area contributed by atoms with Crippen LogP contribution in [0, 0.1) is 5.92 Å². The molecule has 124 valence electrons. The van der Waals surface area contributed by atoms with Crippen LogP contribution in [-0.2, 0) is 4.79 Å². The monoisotopic (exact) mass is 319 g/mol. The Morgan fingerprint density at radius 1 is 1.57 bits per heavy atom. The molecule has 1 saturated heterocycles. The molecule has 1 amide bonds. The molecule has 1 aliphatic heterocycles. The molecular weight excluding hydrogens is 298 g/mol. The largest absolute Gasteiger partial charge is 0.478 e. The lowest BCUT2D eigenvalue weighted by Crippen LogP contribution is -2.48. The van der Waals surface area contributed by atoms with Gasteiger partial charge in [0, 0.05) is 6.07 Å². The first-order chi connectivity index (χ1) is 10.8. The Balaban J connectivity index is 2.39. The summed E-state index contributed by atoms with van der Waals surface area (Å²) in [5, 5.41) is 15.3. The Morgan fingerprint density at radius 2 is 2.26 bits per heavy atom. The fraction of sp³-hybridized carbons (Fsp3) is 0.438. The van der Waals surface area contributed by atoms with Crippen LogP contribution in [0.2, 0.25) is 0 Å². The summed E-state index contributed by atoms with van der Waals surface area (Å²) in [7, 11) is 0. The maximum atomic E-state index is 12.3. The number of hydrogen-bond donors (Lipinski definition) is 3. The molecule has 0 aromatic carbocycles. The third-order valence-corrected chi connectivity index (χ3v) is 4.10. The van der Waals surface area contributed by atoms with E-state index in [4.69, 9.17) is 4.74 Å². The zero-order valence-electron chi connectivity index (χ0n) is 13.4. The predicted octanol–water partition coefficient (Wildman–Crippen LogP) is 1.48. The van der Waals surface area contributed by atoms with Gasteiger partial charge < -0.3 is 15.2 Å². The highest BCUT2D eigenvalue weighted by Gasteiger charge is 2.46. The van der Waals surface area contributed by atoms with Gasteiger partial charge in [-0.1, -0.05) is 26.5 Å². The molecule has 1 aromatic rings. The van der Waals surface area contributed by atoms with Crippen molar-refractivity contribution in [2.75, 3.05) is 6.61 Å². The normalized spacial score (nSPS) is 23.7. The number of carboxylic acids is 1. The molecule has 7 nitrogen and oxygen atoms in total. The molecule has 2 heterocycles. The molecule has 1 aliphatic rings. The second-order valence-corrected chi connectivity index (χ2v) is 5.89. The maximum Gasteiger partial charge on any atom is 0.337 e. The van der Waals surface area contributed by atoms with Gasteiger partial charge in [0.25, 0.3) is 0 Å². The van der Waals surface area contributed by atoms with Crippen LogP contribution < -0.4 is 15.4 Å². The van der Waals surface area contributed by atoms with Crippen LogP contribution in [0.3, 0.4) is 0 Å². The van der Waals surface area contributed by atoms with E-state index in [1.807, 2.05) is 13.8 Å². The number of nitrogens with one attached hydrogen (secondary N) is 2. The fourth-order valence-corrected chi connectivity index (χ4v) is 2.33. The Labute approximate surface area is 134 Å². The predicted molar refractivity (Wildman–Crippen MR) is 84.2 cm³/mol. The SMILES string of the molecule is C=CCOc1ccc(C(=O)O)c([C@@H]2NC(=O)[C@](C)(C(C)C)N2)n1. The number of hydrogen-bond acceptors (Lipinski definition) is 5. The minimum Gasteiger partial charge on any atom is -0.478 e. The molecule has 2 atom stereocenters. The van der Waals surface area contributed by atoms with Gasteiger partial charge in [-0.05, 0) is 18.9 Å². The Bertz CT molecular complexity index is 644. The van der Waals surface area contributed by atoms with E-state index in [9.17, 15) is 14.7 Å². The van der Waals surface area contributed by atoms with Crippen LogP contribution in [-0.4, -0.2) is 34.1 Å². The second-order valence-electron chi connectivity index (χ2n) is 5.89. The number of carbonyl (C=O) groups excluding carboxylic acids is 1. The molecule has 2 rings (SSSR count). The average molecular weight is 319 g/mol. The van der Waals surface area contributed by atoms with Crippen molar-refractivity contribution in [3.05, 3.63) is 36.0 Å². The molecule has 0 spiro atoms. The number of nitrogens with zero attached hydrogens (tertiary/aromatic N) is 1. The zero-order valence-corrected chi connectivity index (χ0v) is 13.4. The second kappa shape index (κ2) is 6.37. The van der Waals surface area contributed by atoms with Crippen molar-refractivity contribution in [3.63, 3.8) is 0 Å². The van der Waals surface area contributed by atoms with Crippen molar-refractivity contribution >= 4 is 11.9 Å². The third kappa shape index (κ3) is 3.19. The van der Waals surface area contributed by atoms with E-state index in [2.05, 4.69) is 22.2 Å². The van der Waals surface area contributed by atoms with Crippen LogP contribution in [0.25, 0.3) is 0 Å². The van der Waals surface area contributed by atoms with Crippen LogP contribution in [0.15, 0.2) is 24.8 Å². The maximum absolute atomic E-state index is 12.3. The van der Waals surface area contributed by atoms with Gasteiger partial charge in [-0.25, -0.2) is 9.78 Å². The number of aromatic nitrogens is 1. The first-order valence-corrected chi connectivity index (χ1v) is 7.36. The van der Waals surface area contributed by atoms with Crippen LogP contribution in [0.5, 0.6) is 5.88 Å². The summed E-state index contributed by atoms with van der Waals surface area (Å²) in [6, 6.07) is 2.90. The first-order valence-electron chi connectivity index (χ1n) is 7.36. The highest BCUT2D eigenvalue weighted by molar-refractivity contribution is 5.91. The van der Waals surface area contributed by atoms with Crippen molar-refractivity contribution in [1.29, 1.82) is 0 Å². The first kappa shape index (κ1) is 17.0. The number of carboxylic acid groups (broad SMARTS) is 1. The molecule has 0 aliphatic carbocycles. The standard InChI is InChI=1S/C16H21N3O4/c1-5-8-23-11-7-6-10(14(20)21)12(17-11)13-18-15(22)16(4,19-13)9(2)3/h5-7,9,13,19H,1,8H2,2-4H3,(H,18,22)(H,20,21)/t13-,16+/m1/s1. The number of pyridine rings is 1. The molecular formula is C16H21N3O4. The van der Waals surface area contributed by atoms with Gasteiger partial charge in [0.15, 0.2) is 0 Å². The number of carbonyl (C=O) groups is 2. The van der Waals surface area contributed by atoms with Crippen molar-refractivity contribution in [3.8, 4) is 5.88 Å². The van der Waals surface area contributed by atoms with Crippen molar-refractivity contribution in [2.45, 2.75) is 32.5 Å². The lowest BCUT2D eigenvalue weighted by Gasteiger charge is -2.26. The van der Waals surface area contributed by atoms with Crippen LogP contribution in [0.1, 0.15) is 43.0 Å². The van der Waals surface area contributed by atoms with E-state index in [1.165, 1.54) is 12.1 Å². The van der Waals surface area contributed by atoms with E-state index in [1.54, 1.807) is 13.0 Å². The molecule has 7 heteroatoms. The molecule has 1 aromatic heterocycles. The quantitative estimate of drug-likeness (QED) is 0.687. The van der Waals surface area contributed by atoms with E-state index in [-0.39, 0.29) is 35.6 Å². The summed E-state index contributed by atoms with van der Waals surface area (Å²) in [4.78, 5) is 28.0. The van der Waals surface area contributed by atoms with E-state index in [0.29, 0.717) is 0 Å². The molecule has 0 unspecified atom stereocenters. The summed E-state index contributed by atoms with van der Waals surface area (Å²) in [6.07, 6.45) is 0.881. The minimum absolute atomic E-state index is 0.0155. The van der Waals surface area contributed by atoms with Gasteiger partial charge in [0.05, 0.1) is 16.8 Å². The molecule has 23 heavy (non-hydrogen) atoms. The van der Waals surface area contributed by atoms with Crippen molar-refractivity contribution < 1.29 is 19.4 Å². The molecule has 3 N–H and O–H groups in total. The van der Waals surface area contributed by atoms with Gasteiger partial charge in [0.1, 0.15) is 12.8 Å². The van der Waals surface area contributed by atoms with Gasteiger partial charge in [-0.3, -0.25) is 10.1 Å². The average Bonchev–Trinajstić information content (AvgIpc) is 2.81. The number of aromatic carboxylic acids is 1. The third-order valence-electron chi connectivity index (χ3n) is 4.10. The highest BCUT2D eigenvalue weighted by atomic mass is 16.5. The Morgan fingerprint density at radius 3 is 2.78 bits per heavy atom. The number of rotatable bonds is 6. The molecule has 1 fully saturated rings. The van der Waals surface area contributed by atoms with Gasteiger partial charge in [-0.2, -0.15) is 0 Å². The summed E-state index contributed by atoms with van der Waals surface area (Å²) >= 11 is 0. The van der Waals surface area contributed by atoms with E-state index < -0.39 is 17.7 Å². The number of amides is 1. The Hall–Kier alpha value is -2.41. The highest BCUT2D eigenvalue weighted by Crippen LogP contribution is 2.29. The zero-order chi connectivity index (χ0) is 17.2. The summed E-state index contributed by atoms with van der Waals surface area (Å²) in [6.45, 7) is 9.44. The smallest absolute Gasteiger partial charge is 0.337 e. The summed E-state index contributed by atoms with van der Waals surface area (Å²) in [5.41, 5.74) is -0.557. The lowest BCUT2D eigenvalue weighted by molar-refractivity contribution is -0.125. The van der Waals surface area contributed by atoms with Crippen LogP contribution in [0.4, 0.5) is 0 Å². The van der Waals surface area contributed by atoms with Gasteiger partial charge in [0.2, 0.25) is 11.8 Å². The Kier molecular flexibility index (Phi) is 4.70. The number of ether oxygens (including phenoxy) is 1. The molecule has 0 bridgehead atoms. The van der Waals surface area contributed by atoms with Crippen molar-refractivity contribution in [1.82, 2.24) is 15.6 Å². The minimum atomic E-state index is -1.11. The van der Waals surface area contributed by atoms with Gasteiger partial charge in [-0.15, -0.1) is 0 Å². The van der Waals surface area contributed by atoms with Crippen molar-refractivity contribution in [2.24, 2.45) is 5.92 Å². The van der Waals surface area contributed by atoms with Gasteiger partial charge >= 0.3 is 5.97 Å².